The van der Waals surface area contributed by atoms with Crippen LogP contribution in [0.5, 0.6) is 0 Å². The standard InChI is InChI=1S/C14H29N3O2/c1-12(18)17(10-7-9-16(5)6)11-8-15-13(19)14(2,3)4/h7-11H2,1-6H3,(H,15,19). The summed E-state index contributed by atoms with van der Waals surface area (Å²) in [5.74, 6) is 0.0769. The fourth-order valence-electron chi connectivity index (χ4n) is 1.57. The Balaban J connectivity index is 4.02. The van der Waals surface area contributed by atoms with Crippen LogP contribution in [0.25, 0.3) is 0 Å². The molecule has 0 aromatic rings. The van der Waals surface area contributed by atoms with E-state index in [-0.39, 0.29) is 17.2 Å². The van der Waals surface area contributed by atoms with Crippen LogP contribution in [-0.4, -0.2) is 61.9 Å². The van der Waals surface area contributed by atoms with Crippen molar-refractivity contribution >= 4 is 11.8 Å². The molecule has 0 aromatic carbocycles. The Kier molecular flexibility index (Phi) is 7.68. The van der Waals surface area contributed by atoms with Gasteiger partial charge in [-0.25, -0.2) is 0 Å². The lowest BCUT2D eigenvalue weighted by Crippen LogP contribution is -2.41. The maximum atomic E-state index is 11.7. The van der Waals surface area contributed by atoms with Crippen molar-refractivity contribution in [1.29, 1.82) is 0 Å². The minimum absolute atomic E-state index is 0.0179. The third kappa shape index (κ3) is 8.59. The first-order valence-corrected chi connectivity index (χ1v) is 6.83. The largest absolute Gasteiger partial charge is 0.354 e. The van der Waals surface area contributed by atoms with E-state index in [1.54, 1.807) is 11.8 Å². The molecule has 0 spiro atoms. The Labute approximate surface area is 117 Å². The number of hydrogen-bond acceptors (Lipinski definition) is 3. The van der Waals surface area contributed by atoms with Crippen LogP contribution < -0.4 is 5.32 Å². The Hall–Kier alpha value is -1.10. The Morgan fingerprint density at radius 2 is 1.63 bits per heavy atom. The Morgan fingerprint density at radius 3 is 2.05 bits per heavy atom. The average molecular weight is 271 g/mol. The van der Waals surface area contributed by atoms with Gasteiger partial charge in [-0.15, -0.1) is 0 Å². The molecule has 1 N–H and O–H groups in total. The quantitative estimate of drug-likeness (QED) is 0.750. The summed E-state index contributed by atoms with van der Waals surface area (Å²) in [5.41, 5.74) is -0.383. The van der Waals surface area contributed by atoms with Crippen LogP contribution in [0.15, 0.2) is 0 Å². The van der Waals surface area contributed by atoms with Gasteiger partial charge in [-0.2, -0.15) is 0 Å². The van der Waals surface area contributed by atoms with E-state index in [0.29, 0.717) is 13.1 Å². The summed E-state index contributed by atoms with van der Waals surface area (Å²) < 4.78 is 0. The molecule has 5 heteroatoms. The third-order valence-corrected chi connectivity index (χ3v) is 2.83. The highest BCUT2D eigenvalue weighted by Crippen LogP contribution is 2.11. The first-order chi connectivity index (χ1) is 8.64. The fraction of sp³-hybridized carbons (Fsp3) is 0.857. The zero-order valence-corrected chi connectivity index (χ0v) is 13.2. The summed E-state index contributed by atoms with van der Waals surface area (Å²) in [7, 11) is 4.03. The second-order valence-corrected chi connectivity index (χ2v) is 6.17. The normalized spacial score (nSPS) is 11.5. The van der Waals surface area contributed by atoms with Crippen molar-refractivity contribution in [2.45, 2.75) is 34.1 Å². The van der Waals surface area contributed by atoms with E-state index in [1.165, 1.54) is 0 Å². The zero-order chi connectivity index (χ0) is 15.1. The van der Waals surface area contributed by atoms with Crippen LogP contribution in [0, 0.1) is 5.41 Å². The van der Waals surface area contributed by atoms with E-state index in [4.69, 9.17) is 0 Å². The van der Waals surface area contributed by atoms with Gasteiger partial charge in [0.05, 0.1) is 0 Å². The van der Waals surface area contributed by atoms with Crippen LogP contribution in [0.4, 0.5) is 0 Å². The smallest absolute Gasteiger partial charge is 0.225 e. The van der Waals surface area contributed by atoms with Crippen LogP contribution in [-0.2, 0) is 9.59 Å². The molecule has 0 aromatic heterocycles. The highest BCUT2D eigenvalue weighted by atomic mass is 16.2. The van der Waals surface area contributed by atoms with E-state index >= 15 is 0 Å². The van der Waals surface area contributed by atoms with E-state index < -0.39 is 0 Å². The number of hydrogen-bond donors (Lipinski definition) is 1. The number of nitrogens with one attached hydrogen (secondary N) is 1. The van der Waals surface area contributed by atoms with Crippen molar-refractivity contribution in [2.24, 2.45) is 5.41 Å². The van der Waals surface area contributed by atoms with Crippen molar-refractivity contribution < 1.29 is 9.59 Å². The second-order valence-electron chi connectivity index (χ2n) is 6.17. The first kappa shape index (κ1) is 17.9. The molecule has 0 heterocycles. The number of nitrogens with zero attached hydrogens (tertiary/aromatic N) is 2. The first-order valence-electron chi connectivity index (χ1n) is 6.83. The van der Waals surface area contributed by atoms with Gasteiger partial charge in [-0.05, 0) is 27.1 Å². The molecule has 5 nitrogen and oxygen atoms in total. The van der Waals surface area contributed by atoms with Gasteiger partial charge in [-0.3, -0.25) is 9.59 Å². The molecular formula is C14H29N3O2. The molecule has 0 saturated heterocycles. The van der Waals surface area contributed by atoms with E-state index in [2.05, 4.69) is 10.2 Å². The Bertz CT molecular complexity index is 296. The predicted molar refractivity (Wildman–Crippen MR) is 77.9 cm³/mol. The minimum atomic E-state index is -0.383. The zero-order valence-electron chi connectivity index (χ0n) is 13.2. The van der Waals surface area contributed by atoms with E-state index in [0.717, 1.165) is 19.5 Å². The van der Waals surface area contributed by atoms with Gasteiger partial charge in [-0.1, -0.05) is 20.8 Å². The maximum absolute atomic E-state index is 11.7. The van der Waals surface area contributed by atoms with Gasteiger partial charge in [0.1, 0.15) is 0 Å². The maximum Gasteiger partial charge on any atom is 0.225 e. The molecule has 0 fully saturated rings. The number of carbonyl (C=O) groups is 2. The highest BCUT2D eigenvalue weighted by molar-refractivity contribution is 5.81. The summed E-state index contributed by atoms with van der Waals surface area (Å²) >= 11 is 0. The number of amides is 2. The molecule has 0 atom stereocenters. The molecule has 0 saturated carbocycles. The molecule has 0 aliphatic heterocycles. The van der Waals surface area contributed by atoms with Gasteiger partial charge in [0.2, 0.25) is 11.8 Å². The summed E-state index contributed by atoms with van der Waals surface area (Å²) in [6, 6.07) is 0. The summed E-state index contributed by atoms with van der Waals surface area (Å²) in [6.45, 7) is 9.98. The third-order valence-electron chi connectivity index (χ3n) is 2.83. The molecule has 112 valence electrons. The van der Waals surface area contributed by atoms with Crippen molar-refractivity contribution in [1.82, 2.24) is 15.1 Å². The topological polar surface area (TPSA) is 52.7 Å². The molecule has 0 aliphatic carbocycles. The van der Waals surface area contributed by atoms with Crippen LogP contribution in [0.1, 0.15) is 34.1 Å². The number of carbonyl (C=O) groups excluding carboxylic acids is 2. The molecule has 0 radical (unpaired) electrons. The summed E-state index contributed by atoms with van der Waals surface area (Å²) in [4.78, 5) is 27.1. The number of rotatable bonds is 7. The van der Waals surface area contributed by atoms with E-state index in [1.807, 2.05) is 34.9 Å². The van der Waals surface area contributed by atoms with Crippen LogP contribution >= 0.6 is 0 Å². The molecule has 0 bridgehead atoms. The average Bonchev–Trinajstić information content (AvgIpc) is 2.24. The SMILES string of the molecule is CC(=O)N(CCCN(C)C)CCNC(=O)C(C)(C)C. The van der Waals surface area contributed by atoms with Gasteiger partial charge in [0.15, 0.2) is 0 Å². The molecule has 0 unspecified atom stereocenters. The second kappa shape index (κ2) is 8.15. The molecule has 0 aliphatic rings. The lowest BCUT2D eigenvalue weighted by atomic mass is 9.96. The Morgan fingerprint density at radius 1 is 1.05 bits per heavy atom. The van der Waals surface area contributed by atoms with E-state index in [9.17, 15) is 9.59 Å². The lowest BCUT2D eigenvalue weighted by Gasteiger charge is -2.23. The summed E-state index contributed by atoms with van der Waals surface area (Å²) in [5, 5.41) is 2.86. The molecular weight excluding hydrogens is 242 g/mol. The molecule has 0 rings (SSSR count). The minimum Gasteiger partial charge on any atom is -0.354 e. The van der Waals surface area contributed by atoms with Gasteiger partial charge in [0.25, 0.3) is 0 Å². The van der Waals surface area contributed by atoms with Gasteiger partial charge < -0.3 is 15.1 Å². The lowest BCUT2D eigenvalue weighted by molar-refractivity contribution is -0.131. The molecule has 19 heavy (non-hydrogen) atoms. The van der Waals surface area contributed by atoms with Gasteiger partial charge >= 0.3 is 0 Å². The van der Waals surface area contributed by atoms with Crippen LogP contribution in [0.3, 0.4) is 0 Å². The molecule has 2 amide bonds. The fourth-order valence-corrected chi connectivity index (χ4v) is 1.57. The van der Waals surface area contributed by atoms with Gasteiger partial charge in [0, 0.05) is 32.0 Å². The van der Waals surface area contributed by atoms with Crippen molar-refractivity contribution in [3.63, 3.8) is 0 Å². The monoisotopic (exact) mass is 271 g/mol. The highest BCUT2D eigenvalue weighted by Gasteiger charge is 2.20. The predicted octanol–water partition coefficient (Wildman–Crippen LogP) is 0.949. The van der Waals surface area contributed by atoms with Crippen LogP contribution in [0.2, 0.25) is 0 Å². The van der Waals surface area contributed by atoms with Crippen molar-refractivity contribution in [2.75, 3.05) is 40.3 Å². The van der Waals surface area contributed by atoms with Crippen molar-refractivity contribution in [3.05, 3.63) is 0 Å². The summed E-state index contributed by atoms with van der Waals surface area (Å²) in [6.07, 6.45) is 0.944. The van der Waals surface area contributed by atoms with Crippen molar-refractivity contribution in [3.8, 4) is 0 Å².